The van der Waals surface area contributed by atoms with Gasteiger partial charge in [0.15, 0.2) is 0 Å². The molecule has 0 aliphatic heterocycles. The zero-order chi connectivity index (χ0) is 15.8. The summed E-state index contributed by atoms with van der Waals surface area (Å²) in [6.45, 7) is 0. The maximum atomic E-state index is 12.1. The molecule has 0 unspecified atom stereocenters. The van der Waals surface area contributed by atoms with Crippen molar-refractivity contribution in [3.05, 3.63) is 46.2 Å². The van der Waals surface area contributed by atoms with Gasteiger partial charge in [-0.2, -0.15) is 0 Å². The fourth-order valence-electron chi connectivity index (χ4n) is 1.71. The number of sulfonamides is 1. The van der Waals surface area contributed by atoms with Crippen molar-refractivity contribution in [1.29, 1.82) is 0 Å². The average molecular weight is 348 g/mol. The first-order chi connectivity index (χ1) is 9.70. The Bertz CT molecular complexity index is 792. The quantitative estimate of drug-likeness (QED) is 0.891. The maximum absolute atomic E-state index is 12.1. The number of nitrogens with zero attached hydrogens (tertiary/aromatic N) is 1. The van der Waals surface area contributed by atoms with E-state index in [-0.39, 0.29) is 20.6 Å². The lowest BCUT2D eigenvalue weighted by Crippen LogP contribution is -2.17. The third kappa shape index (κ3) is 3.38. The molecule has 0 aliphatic carbocycles. The minimum absolute atomic E-state index is 0.0194. The van der Waals surface area contributed by atoms with Crippen LogP contribution in [0.1, 0.15) is 10.5 Å². The summed E-state index contributed by atoms with van der Waals surface area (Å²) in [7, 11) is -2.22. The molecular formula is C12H11Cl2N3O3S. The Morgan fingerprint density at radius 3 is 2.29 bits per heavy atom. The molecule has 1 aromatic carbocycles. The lowest BCUT2D eigenvalue weighted by atomic mass is 10.3. The zero-order valence-electron chi connectivity index (χ0n) is 10.8. The second-order valence-corrected chi connectivity index (χ2v) is 6.64. The molecule has 2 aromatic rings. The Hall–Kier alpha value is -1.54. The first kappa shape index (κ1) is 15.8. The van der Waals surface area contributed by atoms with Gasteiger partial charge in [-0.3, -0.25) is 4.79 Å². The highest BCUT2D eigenvalue weighted by Crippen LogP contribution is 2.33. The average Bonchev–Trinajstić information content (AvgIpc) is 2.78. The van der Waals surface area contributed by atoms with Crippen LogP contribution in [-0.2, 0) is 17.1 Å². The van der Waals surface area contributed by atoms with Crippen LogP contribution in [0.3, 0.4) is 0 Å². The molecule has 21 heavy (non-hydrogen) atoms. The van der Waals surface area contributed by atoms with Crippen molar-refractivity contribution in [3.63, 3.8) is 0 Å². The predicted molar refractivity (Wildman–Crippen MR) is 81.2 cm³/mol. The molecule has 1 amide bonds. The summed E-state index contributed by atoms with van der Waals surface area (Å²) in [4.78, 5) is 11.9. The van der Waals surface area contributed by atoms with Crippen molar-refractivity contribution in [2.45, 2.75) is 4.90 Å². The number of carbonyl (C=O) groups is 1. The Balaban J connectivity index is 2.38. The number of primary sulfonamides is 1. The maximum Gasteiger partial charge on any atom is 0.272 e. The largest absolute Gasteiger partial charge is 0.347 e. The third-order valence-corrected chi connectivity index (χ3v) is 4.25. The molecule has 0 aliphatic rings. The molecule has 9 heteroatoms. The molecule has 1 heterocycles. The summed E-state index contributed by atoms with van der Waals surface area (Å²) in [5, 5.41) is 7.51. The van der Waals surface area contributed by atoms with Gasteiger partial charge < -0.3 is 9.88 Å². The van der Waals surface area contributed by atoms with E-state index in [1.165, 1.54) is 0 Å². The molecule has 0 bridgehead atoms. The Morgan fingerprint density at radius 1 is 1.29 bits per heavy atom. The topological polar surface area (TPSA) is 94.2 Å². The number of halogens is 2. The van der Waals surface area contributed by atoms with E-state index in [1.54, 1.807) is 29.9 Å². The molecule has 0 radical (unpaired) electrons. The van der Waals surface area contributed by atoms with Crippen LogP contribution in [0, 0.1) is 0 Å². The van der Waals surface area contributed by atoms with Crippen LogP contribution >= 0.6 is 23.2 Å². The van der Waals surface area contributed by atoms with Crippen molar-refractivity contribution in [2.24, 2.45) is 12.2 Å². The van der Waals surface area contributed by atoms with E-state index in [2.05, 4.69) is 5.32 Å². The molecule has 6 nitrogen and oxygen atoms in total. The molecule has 0 atom stereocenters. The van der Waals surface area contributed by atoms with Crippen molar-refractivity contribution in [3.8, 4) is 0 Å². The summed E-state index contributed by atoms with van der Waals surface area (Å²) in [5.41, 5.74) is 0.523. The highest BCUT2D eigenvalue weighted by molar-refractivity contribution is 7.89. The molecule has 1 aromatic heterocycles. The van der Waals surface area contributed by atoms with Gasteiger partial charge in [-0.1, -0.05) is 23.2 Å². The summed E-state index contributed by atoms with van der Waals surface area (Å²) < 4.78 is 24.2. The highest BCUT2D eigenvalue weighted by atomic mass is 35.5. The van der Waals surface area contributed by atoms with Crippen molar-refractivity contribution < 1.29 is 13.2 Å². The lowest BCUT2D eigenvalue weighted by Gasteiger charge is -2.11. The number of nitrogens with two attached hydrogens (primary N) is 1. The highest BCUT2D eigenvalue weighted by Gasteiger charge is 2.17. The van der Waals surface area contributed by atoms with Crippen molar-refractivity contribution in [1.82, 2.24) is 4.57 Å². The van der Waals surface area contributed by atoms with Gasteiger partial charge in [-0.25, -0.2) is 13.6 Å². The monoisotopic (exact) mass is 347 g/mol. The van der Waals surface area contributed by atoms with Gasteiger partial charge in [0, 0.05) is 13.2 Å². The second kappa shape index (κ2) is 5.69. The number of aryl methyl sites for hydroxylation is 1. The number of hydrogen-bond acceptors (Lipinski definition) is 3. The van der Waals surface area contributed by atoms with Gasteiger partial charge in [0.1, 0.15) is 5.69 Å². The summed E-state index contributed by atoms with van der Waals surface area (Å²) >= 11 is 11.9. The number of rotatable bonds is 3. The molecule has 0 saturated carbocycles. The standard InChI is InChI=1S/C12H11Cl2N3O3S/c1-17-4-2-3-10(17)12(18)16-11-8(13)5-7(6-9(11)14)21(15,19)20/h2-6H,1H3,(H,16,18)(H2,15,19,20). The summed E-state index contributed by atoms with van der Waals surface area (Å²) in [6.07, 6.45) is 1.71. The van der Waals surface area contributed by atoms with E-state index in [9.17, 15) is 13.2 Å². The van der Waals surface area contributed by atoms with E-state index in [4.69, 9.17) is 28.3 Å². The SMILES string of the molecule is Cn1cccc1C(=O)Nc1c(Cl)cc(S(N)(=O)=O)cc1Cl. The number of benzene rings is 1. The Morgan fingerprint density at radius 2 is 1.86 bits per heavy atom. The number of anilines is 1. The normalized spacial score (nSPS) is 11.4. The van der Waals surface area contributed by atoms with Gasteiger partial charge in [0.2, 0.25) is 10.0 Å². The Labute approximate surface area is 131 Å². The third-order valence-electron chi connectivity index (χ3n) is 2.76. The zero-order valence-corrected chi connectivity index (χ0v) is 13.1. The number of hydrogen-bond donors (Lipinski definition) is 2. The molecule has 112 valence electrons. The molecule has 0 fully saturated rings. The van der Waals surface area contributed by atoms with E-state index >= 15 is 0 Å². The van der Waals surface area contributed by atoms with Gasteiger partial charge >= 0.3 is 0 Å². The van der Waals surface area contributed by atoms with Crippen LogP contribution < -0.4 is 10.5 Å². The van der Waals surface area contributed by atoms with E-state index in [0.29, 0.717) is 5.69 Å². The number of aromatic nitrogens is 1. The first-order valence-corrected chi connectivity index (χ1v) is 7.95. The number of carbonyl (C=O) groups excluding carboxylic acids is 1. The van der Waals surface area contributed by atoms with Crippen LogP contribution in [0.4, 0.5) is 5.69 Å². The molecule has 0 saturated heterocycles. The van der Waals surface area contributed by atoms with Gasteiger partial charge in [0.25, 0.3) is 5.91 Å². The van der Waals surface area contributed by atoms with Crippen LogP contribution in [0.25, 0.3) is 0 Å². The Kier molecular flexibility index (Phi) is 4.29. The van der Waals surface area contributed by atoms with Gasteiger partial charge in [-0.15, -0.1) is 0 Å². The lowest BCUT2D eigenvalue weighted by molar-refractivity contribution is 0.101. The fourth-order valence-corrected chi connectivity index (χ4v) is 2.98. The fraction of sp³-hybridized carbons (Fsp3) is 0.0833. The molecule has 3 N–H and O–H groups in total. The minimum atomic E-state index is -3.93. The predicted octanol–water partition coefficient (Wildman–Crippen LogP) is 2.23. The molecule has 2 rings (SSSR count). The second-order valence-electron chi connectivity index (χ2n) is 4.27. The van der Waals surface area contributed by atoms with Crippen LogP contribution in [-0.4, -0.2) is 18.9 Å². The molecule has 0 spiro atoms. The van der Waals surface area contributed by atoms with Crippen LogP contribution in [0.15, 0.2) is 35.4 Å². The minimum Gasteiger partial charge on any atom is -0.347 e. The van der Waals surface area contributed by atoms with Crippen molar-refractivity contribution >= 4 is 44.8 Å². The summed E-state index contributed by atoms with van der Waals surface area (Å²) in [6, 6.07) is 5.59. The first-order valence-electron chi connectivity index (χ1n) is 5.64. The van der Waals surface area contributed by atoms with E-state index in [1.807, 2.05) is 0 Å². The van der Waals surface area contributed by atoms with Crippen LogP contribution in [0.2, 0.25) is 10.0 Å². The van der Waals surface area contributed by atoms with E-state index in [0.717, 1.165) is 12.1 Å². The van der Waals surface area contributed by atoms with Crippen LogP contribution in [0.5, 0.6) is 0 Å². The number of nitrogens with one attached hydrogen (secondary N) is 1. The molecular weight excluding hydrogens is 337 g/mol. The van der Waals surface area contributed by atoms with Gasteiger partial charge in [-0.05, 0) is 24.3 Å². The summed E-state index contributed by atoms with van der Waals surface area (Å²) in [5.74, 6) is -0.422. The van der Waals surface area contributed by atoms with Gasteiger partial charge in [0.05, 0.1) is 20.6 Å². The van der Waals surface area contributed by atoms with Crippen molar-refractivity contribution in [2.75, 3.05) is 5.32 Å². The van der Waals surface area contributed by atoms with E-state index < -0.39 is 15.9 Å². The number of amides is 1. The smallest absolute Gasteiger partial charge is 0.272 e.